The van der Waals surface area contributed by atoms with Crippen molar-refractivity contribution in [1.29, 1.82) is 0 Å². The SMILES string of the molecule is Cn1cc(CN2CC[C@@H]3OCCC[C@@]3(COCC3CCCC3)C2)cn1. The first-order valence-electron chi connectivity index (χ1n) is 10.1. The van der Waals surface area contributed by atoms with Crippen LogP contribution in [0.3, 0.4) is 0 Å². The van der Waals surface area contributed by atoms with Gasteiger partial charge in [0.05, 0.1) is 18.9 Å². The molecule has 1 aromatic rings. The maximum atomic E-state index is 6.30. The highest BCUT2D eigenvalue weighted by atomic mass is 16.5. The monoisotopic (exact) mass is 347 g/mol. The van der Waals surface area contributed by atoms with Crippen LogP contribution in [-0.2, 0) is 23.1 Å². The first-order chi connectivity index (χ1) is 12.2. The zero-order valence-electron chi connectivity index (χ0n) is 15.7. The van der Waals surface area contributed by atoms with Crippen molar-refractivity contribution in [3.05, 3.63) is 18.0 Å². The van der Waals surface area contributed by atoms with Crippen LogP contribution in [-0.4, -0.2) is 53.7 Å². The number of piperidine rings is 1. The van der Waals surface area contributed by atoms with Crippen LogP contribution in [0.25, 0.3) is 0 Å². The molecule has 1 aromatic heterocycles. The topological polar surface area (TPSA) is 39.5 Å². The van der Waals surface area contributed by atoms with Crippen LogP contribution in [0.15, 0.2) is 12.4 Å². The van der Waals surface area contributed by atoms with Crippen LogP contribution >= 0.6 is 0 Å². The van der Waals surface area contributed by atoms with Gasteiger partial charge in [0.25, 0.3) is 0 Å². The Labute approximate surface area is 151 Å². The zero-order chi connectivity index (χ0) is 17.1. The van der Waals surface area contributed by atoms with Gasteiger partial charge in [-0.25, -0.2) is 0 Å². The molecule has 140 valence electrons. The lowest BCUT2D eigenvalue weighted by atomic mass is 9.73. The third kappa shape index (κ3) is 4.09. The number of nitrogens with zero attached hydrogens (tertiary/aromatic N) is 3. The molecule has 0 bridgehead atoms. The lowest BCUT2D eigenvalue weighted by molar-refractivity contribution is -0.155. The molecule has 0 amide bonds. The Morgan fingerprint density at radius 1 is 1.28 bits per heavy atom. The summed E-state index contributed by atoms with van der Waals surface area (Å²) in [5.41, 5.74) is 1.50. The molecule has 2 saturated heterocycles. The summed E-state index contributed by atoms with van der Waals surface area (Å²) in [4.78, 5) is 2.58. The molecule has 5 heteroatoms. The summed E-state index contributed by atoms with van der Waals surface area (Å²) < 4.78 is 14.4. The third-order valence-electron chi connectivity index (χ3n) is 6.45. The second-order valence-corrected chi connectivity index (χ2v) is 8.51. The van der Waals surface area contributed by atoms with E-state index >= 15 is 0 Å². The van der Waals surface area contributed by atoms with Crippen molar-refractivity contribution >= 4 is 0 Å². The smallest absolute Gasteiger partial charge is 0.0677 e. The van der Waals surface area contributed by atoms with E-state index in [-0.39, 0.29) is 5.41 Å². The lowest BCUT2D eigenvalue weighted by Gasteiger charge is -2.50. The van der Waals surface area contributed by atoms with E-state index in [9.17, 15) is 0 Å². The Morgan fingerprint density at radius 3 is 2.96 bits per heavy atom. The van der Waals surface area contributed by atoms with E-state index in [1.54, 1.807) is 0 Å². The maximum Gasteiger partial charge on any atom is 0.0677 e. The Balaban J connectivity index is 1.37. The molecule has 3 fully saturated rings. The maximum absolute atomic E-state index is 6.30. The molecule has 0 N–H and O–H groups in total. The lowest BCUT2D eigenvalue weighted by Crippen LogP contribution is -2.56. The minimum absolute atomic E-state index is 0.192. The van der Waals surface area contributed by atoms with Gasteiger partial charge < -0.3 is 9.47 Å². The Bertz CT molecular complexity index is 555. The number of hydrogen-bond acceptors (Lipinski definition) is 4. The summed E-state index contributed by atoms with van der Waals surface area (Å²) in [5, 5.41) is 4.32. The van der Waals surface area contributed by atoms with Gasteiger partial charge in [0.15, 0.2) is 0 Å². The van der Waals surface area contributed by atoms with Crippen molar-refractivity contribution in [2.24, 2.45) is 18.4 Å². The highest BCUT2D eigenvalue weighted by Crippen LogP contribution is 2.41. The van der Waals surface area contributed by atoms with Crippen LogP contribution in [0.1, 0.15) is 50.5 Å². The second kappa shape index (κ2) is 7.77. The Morgan fingerprint density at radius 2 is 2.16 bits per heavy atom. The van der Waals surface area contributed by atoms with E-state index in [0.29, 0.717) is 6.10 Å². The van der Waals surface area contributed by atoms with Crippen molar-refractivity contribution in [3.63, 3.8) is 0 Å². The van der Waals surface area contributed by atoms with Crippen LogP contribution in [0.4, 0.5) is 0 Å². The van der Waals surface area contributed by atoms with E-state index in [4.69, 9.17) is 9.47 Å². The molecule has 3 heterocycles. The molecule has 0 spiro atoms. The van der Waals surface area contributed by atoms with Crippen LogP contribution in [0, 0.1) is 11.3 Å². The van der Waals surface area contributed by atoms with Crippen molar-refractivity contribution in [2.75, 3.05) is 32.9 Å². The van der Waals surface area contributed by atoms with Gasteiger partial charge in [-0.2, -0.15) is 5.10 Å². The Kier molecular flexibility index (Phi) is 5.44. The minimum Gasteiger partial charge on any atom is -0.380 e. The summed E-state index contributed by atoms with van der Waals surface area (Å²) in [6.45, 7) is 5.96. The number of aromatic nitrogens is 2. The molecule has 1 aliphatic carbocycles. The van der Waals surface area contributed by atoms with Gasteiger partial charge in [-0.05, 0) is 38.0 Å². The van der Waals surface area contributed by atoms with Crippen molar-refractivity contribution in [2.45, 2.75) is 57.6 Å². The molecule has 2 aliphatic heterocycles. The van der Waals surface area contributed by atoms with Crippen molar-refractivity contribution < 1.29 is 9.47 Å². The van der Waals surface area contributed by atoms with Crippen LogP contribution in [0.5, 0.6) is 0 Å². The van der Waals surface area contributed by atoms with Crippen LogP contribution < -0.4 is 0 Å². The first-order valence-corrected chi connectivity index (χ1v) is 10.1. The number of rotatable bonds is 6. The molecular formula is C20H33N3O2. The summed E-state index contributed by atoms with van der Waals surface area (Å²) in [5.74, 6) is 0.800. The van der Waals surface area contributed by atoms with Gasteiger partial charge in [-0.15, -0.1) is 0 Å². The van der Waals surface area contributed by atoms with Gasteiger partial charge in [0.2, 0.25) is 0 Å². The van der Waals surface area contributed by atoms with E-state index in [1.807, 2.05) is 17.9 Å². The zero-order valence-corrected chi connectivity index (χ0v) is 15.7. The summed E-state index contributed by atoms with van der Waals surface area (Å²) in [7, 11) is 1.99. The second-order valence-electron chi connectivity index (χ2n) is 8.51. The minimum atomic E-state index is 0.192. The normalized spacial score (nSPS) is 31.3. The summed E-state index contributed by atoms with van der Waals surface area (Å²) in [6.07, 6.45) is 13.6. The number of ether oxygens (including phenoxy) is 2. The molecule has 0 aromatic carbocycles. The fraction of sp³-hybridized carbons (Fsp3) is 0.850. The summed E-state index contributed by atoms with van der Waals surface area (Å²) in [6, 6.07) is 0. The molecule has 2 atom stereocenters. The molecule has 3 aliphatic rings. The predicted molar refractivity (Wildman–Crippen MR) is 97.3 cm³/mol. The summed E-state index contributed by atoms with van der Waals surface area (Å²) >= 11 is 0. The quantitative estimate of drug-likeness (QED) is 0.793. The number of hydrogen-bond donors (Lipinski definition) is 0. The average Bonchev–Trinajstić information content (AvgIpc) is 3.26. The molecular weight excluding hydrogens is 314 g/mol. The Hall–Kier alpha value is -0.910. The number of fused-ring (bicyclic) bond motifs is 1. The average molecular weight is 348 g/mol. The predicted octanol–water partition coefficient (Wildman–Crippen LogP) is 3.00. The van der Waals surface area contributed by atoms with Gasteiger partial charge in [0, 0.05) is 57.1 Å². The van der Waals surface area contributed by atoms with E-state index in [0.717, 1.165) is 51.8 Å². The molecule has 1 saturated carbocycles. The van der Waals surface area contributed by atoms with E-state index in [1.165, 1.54) is 44.1 Å². The molecule has 0 radical (unpaired) electrons. The van der Waals surface area contributed by atoms with Gasteiger partial charge in [-0.3, -0.25) is 9.58 Å². The van der Waals surface area contributed by atoms with Crippen LogP contribution in [0.2, 0.25) is 0 Å². The van der Waals surface area contributed by atoms with Gasteiger partial charge >= 0.3 is 0 Å². The highest BCUT2D eigenvalue weighted by Gasteiger charge is 2.46. The van der Waals surface area contributed by atoms with Crippen molar-refractivity contribution in [1.82, 2.24) is 14.7 Å². The van der Waals surface area contributed by atoms with Gasteiger partial charge in [-0.1, -0.05) is 12.8 Å². The molecule has 5 nitrogen and oxygen atoms in total. The number of likely N-dealkylation sites (tertiary alicyclic amines) is 1. The molecule has 0 unspecified atom stereocenters. The highest BCUT2D eigenvalue weighted by molar-refractivity contribution is 5.05. The van der Waals surface area contributed by atoms with Gasteiger partial charge in [0.1, 0.15) is 0 Å². The van der Waals surface area contributed by atoms with Crippen molar-refractivity contribution in [3.8, 4) is 0 Å². The standard InChI is InChI=1S/C20H33N3O2/c1-22-12-18(11-21-22)13-23-9-7-19-20(15-23,8-4-10-25-19)16-24-14-17-5-2-3-6-17/h11-12,17,19H,2-10,13-16H2,1H3/t19-,20-/m0/s1. The van der Waals surface area contributed by atoms with E-state index in [2.05, 4.69) is 16.2 Å². The molecule has 25 heavy (non-hydrogen) atoms. The number of aryl methyl sites for hydroxylation is 1. The largest absolute Gasteiger partial charge is 0.380 e. The fourth-order valence-corrected chi connectivity index (χ4v) is 5.15. The third-order valence-corrected chi connectivity index (χ3v) is 6.45. The fourth-order valence-electron chi connectivity index (χ4n) is 5.15. The molecule has 4 rings (SSSR count). The van der Waals surface area contributed by atoms with E-state index < -0.39 is 0 Å². The first kappa shape index (κ1) is 17.5.